The molecule has 3 aromatic carbocycles. The van der Waals surface area contributed by atoms with Gasteiger partial charge in [0, 0.05) is 30.3 Å². The lowest BCUT2D eigenvalue weighted by Gasteiger charge is -2.39. The molecule has 4 rings (SSSR count). The second-order valence-corrected chi connectivity index (χ2v) is 11.9. The number of methoxy groups -OCH3 is 1. The van der Waals surface area contributed by atoms with Crippen molar-refractivity contribution in [3.8, 4) is 28.4 Å². The smallest absolute Gasteiger partial charge is 0.312 e. The first-order valence-corrected chi connectivity index (χ1v) is 14.3. The number of likely N-dealkylation sites (N-methyl/N-ethyl adjacent to an activating group) is 1. The van der Waals surface area contributed by atoms with Crippen LogP contribution < -0.4 is 23.9 Å². The van der Waals surface area contributed by atoms with Crippen LogP contribution in [0.5, 0.6) is 17.2 Å². The van der Waals surface area contributed by atoms with Crippen LogP contribution in [0.3, 0.4) is 0 Å². The molecule has 1 atom stereocenters. The first-order chi connectivity index (χ1) is 19.6. The maximum absolute atomic E-state index is 14.0. The Morgan fingerprint density at radius 2 is 1.69 bits per heavy atom. The highest BCUT2D eigenvalue weighted by molar-refractivity contribution is 7.87. The predicted octanol–water partition coefficient (Wildman–Crippen LogP) is 5.87. The van der Waals surface area contributed by atoms with E-state index in [9.17, 15) is 30.8 Å². The van der Waals surface area contributed by atoms with Gasteiger partial charge >= 0.3 is 10.1 Å². The van der Waals surface area contributed by atoms with Gasteiger partial charge in [-0.3, -0.25) is 4.79 Å². The maximum Gasteiger partial charge on any atom is 0.312 e. The van der Waals surface area contributed by atoms with Crippen molar-refractivity contribution >= 4 is 27.4 Å². The second kappa shape index (κ2) is 11.7. The van der Waals surface area contributed by atoms with Crippen molar-refractivity contribution < 1.29 is 44.4 Å². The Kier molecular flexibility index (Phi) is 8.63. The molecule has 226 valence electrons. The van der Waals surface area contributed by atoms with Crippen molar-refractivity contribution in [3.63, 3.8) is 0 Å². The highest BCUT2D eigenvalue weighted by Gasteiger charge is 2.39. The molecule has 3 aromatic rings. The maximum atomic E-state index is 14.0. The molecule has 42 heavy (non-hydrogen) atoms. The Morgan fingerprint density at radius 3 is 2.36 bits per heavy atom. The highest BCUT2D eigenvalue weighted by atomic mass is 32.2. The summed E-state index contributed by atoms with van der Waals surface area (Å²) < 4.78 is 93.2. The van der Waals surface area contributed by atoms with Gasteiger partial charge in [0.25, 0.3) is 12.3 Å². The number of nitrogens with one attached hydrogen (secondary N) is 1. The number of alkyl halides is 3. The number of hydrogen-bond donors (Lipinski definition) is 1. The fourth-order valence-corrected chi connectivity index (χ4v) is 5.70. The fraction of sp³-hybridized carbons (Fsp3) is 0.345. The molecule has 1 aliphatic heterocycles. The van der Waals surface area contributed by atoms with Gasteiger partial charge in [-0.05, 0) is 56.2 Å². The first kappa shape index (κ1) is 30.9. The van der Waals surface area contributed by atoms with Gasteiger partial charge in [0.1, 0.15) is 41.0 Å². The van der Waals surface area contributed by atoms with Crippen LogP contribution in [0.15, 0.2) is 48.5 Å². The van der Waals surface area contributed by atoms with E-state index in [4.69, 9.17) is 13.7 Å². The number of carbonyl (C=O) groups excluding carboxylic acids is 1. The summed E-state index contributed by atoms with van der Waals surface area (Å²) in [7, 11) is -1.73. The molecule has 8 nitrogen and oxygen atoms in total. The summed E-state index contributed by atoms with van der Waals surface area (Å²) >= 11 is 0. The summed E-state index contributed by atoms with van der Waals surface area (Å²) in [6, 6.07) is 11.6. The zero-order chi connectivity index (χ0) is 31.0. The Balaban J connectivity index is 1.80. The number of benzene rings is 3. The van der Waals surface area contributed by atoms with E-state index < -0.39 is 39.8 Å². The number of amides is 1. The normalized spacial score (nSPS) is 15.2. The van der Waals surface area contributed by atoms with Crippen LogP contribution >= 0.6 is 0 Å². The summed E-state index contributed by atoms with van der Waals surface area (Å²) in [4.78, 5) is 14.7. The van der Waals surface area contributed by atoms with E-state index in [0.29, 0.717) is 39.4 Å². The molecule has 1 aliphatic rings. The molecule has 1 heterocycles. The van der Waals surface area contributed by atoms with Crippen molar-refractivity contribution in [1.29, 1.82) is 0 Å². The van der Waals surface area contributed by atoms with Crippen molar-refractivity contribution in [2.24, 2.45) is 0 Å². The minimum Gasteiger partial charge on any atom is -0.496 e. The number of rotatable bonds is 10. The van der Waals surface area contributed by atoms with E-state index in [2.05, 4.69) is 5.32 Å². The van der Waals surface area contributed by atoms with Gasteiger partial charge < -0.3 is 23.9 Å². The molecule has 0 saturated heterocycles. The number of anilines is 2. The minimum absolute atomic E-state index is 0.0934. The van der Waals surface area contributed by atoms with E-state index in [-0.39, 0.29) is 24.0 Å². The number of halogens is 4. The third-order valence-electron chi connectivity index (χ3n) is 6.75. The van der Waals surface area contributed by atoms with Crippen molar-refractivity contribution in [3.05, 3.63) is 65.5 Å². The van der Waals surface area contributed by atoms with Crippen molar-refractivity contribution in [1.82, 2.24) is 0 Å². The van der Waals surface area contributed by atoms with E-state index in [0.717, 1.165) is 0 Å². The molecule has 1 N–H and O–H groups in total. The Hall–Kier alpha value is -4.00. The number of ether oxygens (including phenoxy) is 2. The molecule has 0 bridgehead atoms. The predicted molar refractivity (Wildman–Crippen MR) is 150 cm³/mol. The Morgan fingerprint density at radius 1 is 1.00 bits per heavy atom. The third-order valence-corrected chi connectivity index (χ3v) is 7.92. The fourth-order valence-electron chi connectivity index (χ4n) is 4.70. The lowest BCUT2D eigenvalue weighted by molar-refractivity contribution is -0.121. The number of fused-ring (bicyclic) bond motifs is 1. The molecular formula is C29H30F4N2O6S. The topological polar surface area (TPSA) is 94.2 Å². The van der Waals surface area contributed by atoms with Crippen LogP contribution in [-0.4, -0.2) is 52.4 Å². The molecule has 0 saturated carbocycles. The summed E-state index contributed by atoms with van der Waals surface area (Å²) in [5.74, 6) is -2.07. The standard InChI is InChI=1S/C29H30F4N2O6S/c1-16-6-7-17(30)12-24(16)40-14-21-19(10-11-23-26(21)35(4)28(36)29(2,3)34-23)20-9-8-18(13-25(20)39-5)41-42(37,38)15-22(31)27(32)33/h6-13,22,27,34H,14-15H2,1-5H3. The van der Waals surface area contributed by atoms with Crippen LogP contribution in [0, 0.1) is 12.7 Å². The zero-order valence-electron chi connectivity index (χ0n) is 23.5. The van der Waals surface area contributed by atoms with E-state index >= 15 is 0 Å². The average molecular weight is 611 g/mol. The van der Waals surface area contributed by atoms with Crippen LogP contribution in [0.4, 0.5) is 28.9 Å². The zero-order valence-corrected chi connectivity index (χ0v) is 24.3. The lowest BCUT2D eigenvalue weighted by Crippen LogP contribution is -2.52. The van der Waals surface area contributed by atoms with Gasteiger partial charge in [-0.25, -0.2) is 17.6 Å². The summed E-state index contributed by atoms with van der Waals surface area (Å²) in [5.41, 5.74) is 2.46. The van der Waals surface area contributed by atoms with Gasteiger partial charge in [-0.2, -0.15) is 8.42 Å². The molecule has 0 fully saturated rings. The SMILES string of the molecule is COc1cc(OS(=O)(=O)CC(F)C(F)F)ccc1-c1ccc2c(c1COc1cc(F)ccc1C)N(C)C(=O)C(C)(C)N2. The minimum atomic E-state index is -4.69. The van der Waals surface area contributed by atoms with Gasteiger partial charge in [0.2, 0.25) is 0 Å². The third kappa shape index (κ3) is 6.40. The Bertz CT molecular complexity index is 1610. The van der Waals surface area contributed by atoms with E-state index in [1.54, 1.807) is 46.0 Å². The lowest BCUT2D eigenvalue weighted by atomic mass is 9.91. The second-order valence-electron chi connectivity index (χ2n) is 10.3. The number of carbonyl (C=O) groups is 1. The molecule has 1 amide bonds. The number of hydrogen-bond acceptors (Lipinski definition) is 7. The molecule has 1 unspecified atom stereocenters. The van der Waals surface area contributed by atoms with Crippen LogP contribution in [0.25, 0.3) is 11.1 Å². The molecule has 13 heteroatoms. The molecular weight excluding hydrogens is 580 g/mol. The van der Waals surface area contributed by atoms with Crippen molar-refractivity contribution in [2.75, 3.05) is 30.1 Å². The van der Waals surface area contributed by atoms with Gasteiger partial charge in [0.15, 0.2) is 6.17 Å². The Labute approximate surface area is 241 Å². The summed E-state index contributed by atoms with van der Waals surface area (Å²) in [6.07, 6.45) is -6.39. The summed E-state index contributed by atoms with van der Waals surface area (Å²) in [6.45, 7) is 5.16. The molecule has 0 aromatic heterocycles. The van der Waals surface area contributed by atoms with Gasteiger partial charge in [-0.15, -0.1) is 0 Å². The van der Waals surface area contributed by atoms with Gasteiger partial charge in [0.05, 0.1) is 18.5 Å². The molecule has 0 radical (unpaired) electrons. The molecule has 0 aliphatic carbocycles. The first-order valence-electron chi connectivity index (χ1n) is 12.8. The molecule has 0 spiro atoms. The van der Waals surface area contributed by atoms with E-state index in [1.165, 1.54) is 42.3 Å². The van der Waals surface area contributed by atoms with Crippen LogP contribution in [0.1, 0.15) is 25.0 Å². The number of aryl methyl sites for hydroxylation is 1. The van der Waals surface area contributed by atoms with Crippen LogP contribution in [-0.2, 0) is 21.5 Å². The number of nitrogens with zero attached hydrogens (tertiary/aromatic N) is 1. The van der Waals surface area contributed by atoms with Crippen LogP contribution in [0.2, 0.25) is 0 Å². The highest BCUT2D eigenvalue weighted by Crippen LogP contribution is 2.45. The van der Waals surface area contributed by atoms with E-state index in [1.807, 2.05) is 0 Å². The quantitative estimate of drug-likeness (QED) is 0.227. The largest absolute Gasteiger partial charge is 0.496 e. The van der Waals surface area contributed by atoms with Crippen molar-refractivity contribution in [2.45, 2.75) is 45.5 Å². The van der Waals surface area contributed by atoms with Gasteiger partial charge in [-0.1, -0.05) is 12.1 Å². The monoisotopic (exact) mass is 610 g/mol. The average Bonchev–Trinajstić information content (AvgIpc) is 2.91. The summed E-state index contributed by atoms with van der Waals surface area (Å²) in [5, 5.41) is 3.23.